The van der Waals surface area contributed by atoms with Gasteiger partial charge in [0.2, 0.25) is 10.0 Å². The van der Waals surface area contributed by atoms with Crippen LogP contribution < -0.4 is 0 Å². The van der Waals surface area contributed by atoms with Crippen LogP contribution in [0.4, 0.5) is 0 Å². The molecule has 136 valence electrons. The van der Waals surface area contributed by atoms with Crippen LogP contribution >= 0.6 is 0 Å². The molecule has 0 spiro atoms. The Bertz CT molecular complexity index is 714. The van der Waals surface area contributed by atoms with Gasteiger partial charge in [-0.25, -0.2) is 8.42 Å². The lowest BCUT2D eigenvalue weighted by molar-refractivity contribution is -0.151. The Hall–Kier alpha value is -1.66. The summed E-state index contributed by atoms with van der Waals surface area (Å²) in [6, 6.07) is 8.39. The summed E-state index contributed by atoms with van der Waals surface area (Å²) in [5.41, 5.74) is 0. The van der Waals surface area contributed by atoms with Crippen LogP contribution in [0.1, 0.15) is 32.1 Å². The number of hydrogen-bond donors (Lipinski definition) is 0. The van der Waals surface area contributed by atoms with Gasteiger partial charge in [-0.15, -0.1) is 0 Å². The van der Waals surface area contributed by atoms with Gasteiger partial charge in [0.1, 0.15) is 0 Å². The highest BCUT2D eigenvalue weighted by molar-refractivity contribution is 7.89. The lowest BCUT2D eigenvalue weighted by Crippen LogP contribution is -2.42. The number of nitrogens with zero attached hydrogens (tertiary/aromatic N) is 1. The zero-order chi connectivity index (χ0) is 17.7. The fourth-order valence-electron chi connectivity index (χ4n) is 3.42. The topological polar surface area (TPSA) is 63.7 Å². The first kappa shape index (κ1) is 18.1. The molecule has 0 saturated carbocycles. The lowest BCUT2D eigenvalue weighted by atomic mass is 9.95. The molecule has 1 aromatic rings. The monoisotopic (exact) mass is 363 g/mol. The summed E-state index contributed by atoms with van der Waals surface area (Å²) < 4.78 is 32.4. The highest BCUT2D eigenvalue weighted by Crippen LogP contribution is 2.25. The van der Waals surface area contributed by atoms with E-state index >= 15 is 0 Å². The zero-order valence-corrected chi connectivity index (χ0v) is 15.2. The Balaban J connectivity index is 1.59. The average molecular weight is 363 g/mol. The zero-order valence-electron chi connectivity index (χ0n) is 14.3. The average Bonchev–Trinajstić information content (AvgIpc) is 2.67. The number of hydrogen-bond acceptors (Lipinski definition) is 4. The minimum atomic E-state index is -3.55. The first-order valence-electron chi connectivity index (χ1n) is 8.94. The maximum absolute atomic E-state index is 12.7. The predicted octanol–water partition coefficient (Wildman–Crippen LogP) is 2.99. The molecule has 0 N–H and O–H groups in total. The summed E-state index contributed by atoms with van der Waals surface area (Å²) in [6.45, 7) is 1.10. The van der Waals surface area contributed by atoms with Crippen molar-refractivity contribution in [1.82, 2.24) is 4.31 Å². The fourth-order valence-corrected chi connectivity index (χ4v) is 4.97. The molecule has 0 radical (unpaired) electrons. The van der Waals surface area contributed by atoms with Crippen LogP contribution in [0.15, 0.2) is 47.4 Å². The van der Waals surface area contributed by atoms with Gasteiger partial charge in [-0.3, -0.25) is 4.79 Å². The highest BCUT2D eigenvalue weighted by Gasteiger charge is 2.34. The third-order valence-electron chi connectivity index (χ3n) is 4.94. The van der Waals surface area contributed by atoms with Crippen molar-refractivity contribution in [1.29, 1.82) is 0 Å². The molecule has 1 aliphatic heterocycles. The molecule has 2 aliphatic rings. The maximum Gasteiger partial charge on any atom is 0.310 e. The maximum atomic E-state index is 12.7. The lowest BCUT2D eigenvalue weighted by Gasteiger charge is -2.31. The predicted molar refractivity (Wildman–Crippen MR) is 95.4 cm³/mol. The number of benzene rings is 1. The second kappa shape index (κ2) is 8.15. The summed E-state index contributed by atoms with van der Waals surface area (Å²) in [4.78, 5) is 12.7. The molecule has 1 heterocycles. The van der Waals surface area contributed by atoms with Crippen molar-refractivity contribution in [2.24, 2.45) is 11.8 Å². The van der Waals surface area contributed by atoms with Crippen LogP contribution in [-0.2, 0) is 19.6 Å². The van der Waals surface area contributed by atoms with Crippen molar-refractivity contribution < 1.29 is 17.9 Å². The number of sulfonamides is 1. The van der Waals surface area contributed by atoms with Crippen LogP contribution in [0, 0.1) is 11.8 Å². The van der Waals surface area contributed by atoms with E-state index in [2.05, 4.69) is 12.2 Å². The van der Waals surface area contributed by atoms with Gasteiger partial charge in [0.05, 0.1) is 17.4 Å². The molecular formula is C19H25NO4S. The van der Waals surface area contributed by atoms with Gasteiger partial charge in [-0.05, 0) is 50.2 Å². The molecule has 1 aliphatic carbocycles. The summed E-state index contributed by atoms with van der Waals surface area (Å²) in [5, 5.41) is 0. The molecule has 0 bridgehead atoms. The molecule has 5 nitrogen and oxygen atoms in total. The number of esters is 1. The van der Waals surface area contributed by atoms with Crippen molar-refractivity contribution >= 4 is 16.0 Å². The van der Waals surface area contributed by atoms with Gasteiger partial charge in [-0.1, -0.05) is 30.4 Å². The summed E-state index contributed by atoms with van der Waals surface area (Å²) >= 11 is 0. The molecule has 0 amide bonds. The van der Waals surface area contributed by atoms with Crippen molar-refractivity contribution in [3.05, 3.63) is 42.5 Å². The third kappa shape index (κ3) is 4.50. The van der Waals surface area contributed by atoms with Gasteiger partial charge in [0.25, 0.3) is 0 Å². The molecule has 1 saturated heterocycles. The number of ether oxygens (including phenoxy) is 1. The van der Waals surface area contributed by atoms with Crippen molar-refractivity contribution in [2.75, 3.05) is 19.7 Å². The Morgan fingerprint density at radius 2 is 1.96 bits per heavy atom. The van der Waals surface area contributed by atoms with Crippen LogP contribution in [0.2, 0.25) is 0 Å². The van der Waals surface area contributed by atoms with E-state index in [-0.39, 0.29) is 23.3 Å². The van der Waals surface area contributed by atoms with Crippen molar-refractivity contribution in [3.63, 3.8) is 0 Å². The van der Waals surface area contributed by atoms with Gasteiger partial charge in [0.15, 0.2) is 0 Å². The van der Waals surface area contributed by atoms with Crippen LogP contribution in [0.5, 0.6) is 0 Å². The van der Waals surface area contributed by atoms with Crippen LogP contribution in [0.3, 0.4) is 0 Å². The SMILES string of the molecule is O=C(OCC1CC=CCC1)C1CCCN(S(=O)(=O)c2ccccc2)C1. The first-order chi connectivity index (χ1) is 12.1. The molecule has 1 fully saturated rings. The summed E-state index contributed by atoms with van der Waals surface area (Å²) in [5.74, 6) is -0.240. The number of piperidine rings is 1. The molecule has 25 heavy (non-hydrogen) atoms. The minimum Gasteiger partial charge on any atom is -0.465 e. The normalized spacial score (nSPS) is 24.8. The Labute approximate surface area is 149 Å². The van der Waals surface area contributed by atoms with E-state index in [1.54, 1.807) is 30.3 Å². The quantitative estimate of drug-likeness (QED) is 0.596. The van der Waals surface area contributed by atoms with Crippen molar-refractivity contribution in [2.45, 2.75) is 37.0 Å². The first-order valence-corrected chi connectivity index (χ1v) is 10.4. The van der Waals surface area contributed by atoms with E-state index in [4.69, 9.17) is 4.74 Å². The smallest absolute Gasteiger partial charge is 0.310 e. The molecule has 1 aromatic carbocycles. The standard InChI is InChI=1S/C19H25NO4S/c21-19(24-15-16-8-3-1-4-9-16)17-10-7-13-20(14-17)25(22,23)18-11-5-2-6-12-18/h1-3,5-6,11-12,16-17H,4,7-10,13-15H2. The van der Waals surface area contributed by atoms with E-state index < -0.39 is 10.0 Å². The van der Waals surface area contributed by atoms with E-state index in [1.165, 1.54) is 4.31 Å². The Kier molecular flexibility index (Phi) is 5.91. The van der Waals surface area contributed by atoms with Crippen molar-refractivity contribution in [3.8, 4) is 0 Å². The Morgan fingerprint density at radius 1 is 1.16 bits per heavy atom. The second-order valence-electron chi connectivity index (χ2n) is 6.80. The molecular weight excluding hydrogens is 338 g/mol. The number of allylic oxidation sites excluding steroid dienone is 2. The Morgan fingerprint density at radius 3 is 2.68 bits per heavy atom. The molecule has 0 aromatic heterocycles. The molecule has 3 rings (SSSR count). The second-order valence-corrected chi connectivity index (χ2v) is 8.73. The number of rotatable bonds is 5. The van der Waals surface area contributed by atoms with Crippen LogP contribution in [0.25, 0.3) is 0 Å². The largest absolute Gasteiger partial charge is 0.465 e. The molecule has 2 unspecified atom stereocenters. The van der Waals surface area contributed by atoms with E-state index in [9.17, 15) is 13.2 Å². The van der Waals surface area contributed by atoms with Gasteiger partial charge in [-0.2, -0.15) is 4.31 Å². The molecule has 6 heteroatoms. The van der Waals surface area contributed by atoms with Gasteiger partial charge < -0.3 is 4.74 Å². The summed E-state index contributed by atoms with van der Waals surface area (Å²) in [7, 11) is -3.55. The van der Waals surface area contributed by atoms with E-state index in [0.717, 1.165) is 19.3 Å². The molecule has 2 atom stereocenters. The number of carbonyl (C=O) groups is 1. The fraction of sp³-hybridized carbons (Fsp3) is 0.526. The van der Waals surface area contributed by atoms with Gasteiger partial charge in [0, 0.05) is 13.1 Å². The van der Waals surface area contributed by atoms with E-state index in [0.29, 0.717) is 31.9 Å². The van der Waals surface area contributed by atoms with E-state index in [1.807, 2.05) is 0 Å². The van der Waals surface area contributed by atoms with Crippen LogP contribution in [-0.4, -0.2) is 38.4 Å². The number of carbonyl (C=O) groups excluding carboxylic acids is 1. The highest BCUT2D eigenvalue weighted by atomic mass is 32.2. The van der Waals surface area contributed by atoms with Gasteiger partial charge >= 0.3 is 5.97 Å². The third-order valence-corrected chi connectivity index (χ3v) is 6.82. The summed E-state index contributed by atoms with van der Waals surface area (Å²) in [6.07, 6.45) is 8.69. The minimum absolute atomic E-state index is 0.209.